The minimum absolute atomic E-state index is 0.687. The highest BCUT2D eigenvalue weighted by atomic mass is 31.1. The van der Waals surface area contributed by atoms with E-state index in [4.69, 9.17) is 0 Å². The third-order valence-corrected chi connectivity index (χ3v) is 4.23. The highest BCUT2D eigenvalue weighted by Crippen LogP contribution is 2.31. The summed E-state index contributed by atoms with van der Waals surface area (Å²) in [5.41, 5.74) is 1.18. The first-order chi connectivity index (χ1) is 8.47. The minimum atomic E-state index is -2.56. The van der Waals surface area contributed by atoms with Crippen LogP contribution >= 0.6 is 8.03 Å². The van der Waals surface area contributed by atoms with Crippen LogP contribution in [0.15, 0.2) is 30.3 Å². The van der Waals surface area contributed by atoms with E-state index in [1.807, 2.05) is 18.2 Å². The molecular weight excluding hydrogens is 247 g/mol. The van der Waals surface area contributed by atoms with E-state index in [1.54, 1.807) is 13.8 Å². The zero-order chi connectivity index (χ0) is 13.6. The molecule has 0 aliphatic rings. The van der Waals surface area contributed by atoms with Crippen molar-refractivity contribution in [3.05, 3.63) is 30.3 Å². The van der Waals surface area contributed by atoms with Gasteiger partial charge in [0.15, 0.2) is 0 Å². The molecule has 0 aliphatic heterocycles. The predicted octanol–water partition coefficient (Wildman–Crippen LogP) is 2.31. The van der Waals surface area contributed by atoms with Gasteiger partial charge in [-0.2, -0.15) is 0 Å². The van der Waals surface area contributed by atoms with E-state index in [9.17, 15) is 9.46 Å². The Bertz CT molecular complexity index is 382. The fourth-order valence-corrected chi connectivity index (χ4v) is 1.96. The van der Waals surface area contributed by atoms with Gasteiger partial charge in [-0.3, -0.25) is 4.57 Å². The van der Waals surface area contributed by atoms with Gasteiger partial charge >= 0.3 is 0 Å². The van der Waals surface area contributed by atoms with Crippen LogP contribution in [0.2, 0.25) is 0 Å². The van der Waals surface area contributed by atoms with Gasteiger partial charge in [0.05, 0.1) is 5.28 Å². The molecule has 0 aromatic heterocycles. The molecule has 0 radical (unpaired) electrons. The van der Waals surface area contributed by atoms with Gasteiger partial charge in [-0.25, -0.2) is 0 Å². The lowest BCUT2D eigenvalue weighted by Gasteiger charge is -2.27. The molecule has 0 heterocycles. The molecule has 0 fully saturated rings. The van der Waals surface area contributed by atoms with Crippen LogP contribution < -0.4 is 10.2 Å². The molecule has 2 N–H and O–H groups in total. The molecule has 1 rings (SSSR count). The summed E-state index contributed by atoms with van der Waals surface area (Å²) < 4.78 is 11.1. The monoisotopic (exact) mass is 270 g/mol. The van der Waals surface area contributed by atoms with Crippen molar-refractivity contribution < 1.29 is 9.46 Å². The zero-order valence-electron chi connectivity index (χ0n) is 11.3. The van der Waals surface area contributed by atoms with Crippen molar-refractivity contribution in [3.8, 4) is 0 Å². The average Bonchev–Trinajstić information content (AvgIpc) is 2.35. The molecule has 0 spiro atoms. The van der Waals surface area contributed by atoms with Crippen molar-refractivity contribution in [2.75, 3.05) is 24.5 Å². The summed E-state index contributed by atoms with van der Waals surface area (Å²) in [4.78, 5) is 11.4. The van der Waals surface area contributed by atoms with E-state index < -0.39 is 13.3 Å². The Morgan fingerprint density at radius 3 is 2.44 bits per heavy atom. The maximum atomic E-state index is 11.1. The smallest absolute Gasteiger partial charge is 0.207 e. The lowest BCUT2D eigenvalue weighted by Crippen LogP contribution is -2.41. The largest absolute Gasteiger partial charge is 0.371 e. The van der Waals surface area contributed by atoms with E-state index >= 15 is 0 Å². The van der Waals surface area contributed by atoms with Crippen molar-refractivity contribution >= 4 is 13.7 Å². The number of nitrogens with zero attached hydrogens (tertiary/aromatic N) is 1. The van der Waals surface area contributed by atoms with Gasteiger partial charge in [0.25, 0.3) is 0 Å². The predicted molar refractivity (Wildman–Crippen MR) is 77.6 cm³/mol. The Morgan fingerprint density at radius 2 is 1.94 bits per heavy atom. The van der Waals surface area contributed by atoms with Gasteiger partial charge in [-0.05, 0) is 32.9 Å². The van der Waals surface area contributed by atoms with Crippen LogP contribution in [0.4, 0.5) is 5.69 Å². The molecule has 1 aromatic rings. The number of nitrogens with one attached hydrogen (secondary N) is 1. The molecular formula is C13H23N2O2P. The van der Waals surface area contributed by atoms with Crippen LogP contribution in [-0.4, -0.2) is 29.8 Å². The third kappa shape index (κ3) is 4.45. The second-order valence-corrected chi connectivity index (χ2v) is 6.63. The highest BCUT2D eigenvalue weighted by molar-refractivity contribution is 7.39. The fraction of sp³-hybridized carbons (Fsp3) is 0.538. The van der Waals surface area contributed by atoms with E-state index in [0.29, 0.717) is 6.54 Å². The number of rotatable bonds is 7. The molecule has 1 unspecified atom stereocenters. The molecule has 0 saturated carbocycles. The second kappa shape index (κ2) is 6.93. The summed E-state index contributed by atoms with van der Waals surface area (Å²) in [5.74, 6) is 0. The van der Waals surface area contributed by atoms with Crippen LogP contribution in [0, 0.1) is 0 Å². The molecule has 0 aliphatic carbocycles. The van der Waals surface area contributed by atoms with Gasteiger partial charge in [0, 0.05) is 25.3 Å². The maximum absolute atomic E-state index is 11.1. The Hall–Kier alpha value is -0.830. The molecule has 1 aromatic carbocycles. The SMILES string of the molecule is CCN(CCNC(C)(C)[PH](=O)O)c1ccccc1. The van der Waals surface area contributed by atoms with Crippen molar-refractivity contribution in [1.82, 2.24) is 5.32 Å². The Kier molecular flexibility index (Phi) is 5.86. The van der Waals surface area contributed by atoms with Crippen LogP contribution in [0.5, 0.6) is 0 Å². The number of likely N-dealkylation sites (N-methyl/N-ethyl adjacent to an activating group) is 1. The first-order valence-electron chi connectivity index (χ1n) is 6.26. The summed E-state index contributed by atoms with van der Waals surface area (Å²) >= 11 is 0. The summed E-state index contributed by atoms with van der Waals surface area (Å²) in [5, 5.41) is 2.44. The van der Waals surface area contributed by atoms with Gasteiger partial charge in [0.2, 0.25) is 8.03 Å². The Morgan fingerprint density at radius 1 is 1.33 bits per heavy atom. The lowest BCUT2D eigenvalue weighted by molar-refractivity contribution is 0.427. The van der Waals surface area contributed by atoms with Gasteiger partial charge < -0.3 is 15.1 Å². The maximum Gasteiger partial charge on any atom is 0.207 e. The summed E-state index contributed by atoms with van der Waals surface area (Å²) in [7, 11) is -2.56. The molecule has 0 saturated heterocycles. The van der Waals surface area contributed by atoms with Crippen LogP contribution in [-0.2, 0) is 4.57 Å². The standard InChI is InChI=1S/C13H23N2O2P/c1-4-15(12-8-6-5-7-9-12)11-10-14-13(2,3)18(16)17/h5-9,14,18H,4,10-11H2,1-3H3,(H,16,17). The number of benzene rings is 1. The third-order valence-electron chi connectivity index (χ3n) is 2.99. The molecule has 102 valence electrons. The van der Waals surface area contributed by atoms with E-state index in [1.165, 1.54) is 5.69 Å². The summed E-state index contributed by atoms with van der Waals surface area (Å²) in [6, 6.07) is 10.2. The first-order valence-corrected chi connectivity index (χ1v) is 7.61. The zero-order valence-corrected chi connectivity index (χ0v) is 12.3. The topological polar surface area (TPSA) is 52.6 Å². The second-order valence-electron chi connectivity index (χ2n) is 4.77. The number of anilines is 1. The highest BCUT2D eigenvalue weighted by Gasteiger charge is 2.22. The molecule has 4 nitrogen and oxygen atoms in total. The Balaban J connectivity index is 2.49. The molecule has 0 bridgehead atoms. The van der Waals surface area contributed by atoms with Crippen molar-refractivity contribution in [3.63, 3.8) is 0 Å². The van der Waals surface area contributed by atoms with Crippen LogP contribution in [0.25, 0.3) is 0 Å². The minimum Gasteiger partial charge on any atom is -0.371 e. The average molecular weight is 270 g/mol. The number of para-hydroxylation sites is 1. The lowest BCUT2D eigenvalue weighted by atomic mass is 10.3. The number of hydrogen-bond donors (Lipinski definition) is 2. The van der Waals surface area contributed by atoms with Crippen LogP contribution in [0.3, 0.4) is 0 Å². The molecule has 5 heteroatoms. The van der Waals surface area contributed by atoms with E-state index in [0.717, 1.165) is 13.1 Å². The fourth-order valence-electron chi connectivity index (χ4n) is 1.69. The molecule has 18 heavy (non-hydrogen) atoms. The quantitative estimate of drug-likeness (QED) is 0.747. The van der Waals surface area contributed by atoms with Gasteiger partial charge in [-0.15, -0.1) is 0 Å². The number of hydrogen-bond acceptors (Lipinski definition) is 3. The van der Waals surface area contributed by atoms with E-state index in [2.05, 4.69) is 29.3 Å². The van der Waals surface area contributed by atoms with Crippen molar-refractivity contribution in [2.24, 2.45) is 0 Å². The molecule has 0 amide bonds. The van der Waals surface area contributed by atoms with Crippen molar-refractivity contribution in [1.29, 1.82) is 0 Å². The summed E-state index contributed by atoms with van der Waals surface area (Å²) in [6.07, 6.45) is 0. The van der Waals surface area contributed by atoms with Crippen molar-refractivity contribution in [2.45, 2.75) is 26.1 Å². The Labute approximate surface area is 110 Å². The first kappa shape index (κ1) is 15.2. The van der Waals surface area contributed by atoms with Gasteiger partial charge in [0.1, 0.15) is 0 Å². The van der Waals surface area contributed by atoms with Crippen LogP contribution in [0.1, 0.15) is 20.8 Å². The molecule has 1 atom stereocenters. The summed E-state index contributed by atoms with van der Waals surface area (Å²) in [6.45, 7) is 8.04. The normalized spacial score (nSPS) is 13.3. The van der Waals surface area contributed by atoms with E-state index in [-0.39, 0.29) is 0 Å². The van der Waals surface area contributed by atoms with Gasteiger partial charge in [-0.1, -0.05) is 18.2 Å².